The van der Waals surface area contributed by atoms with E-state index in [-0.39, 0.29) is 23.3 Å². The zero-order chi connectivity index (χ0) is 15.7. The van der Waals surface area contributed by atoms with Gasteiger partial charge in [-0.15, -0.1) is 0 Å². The van der Waals surface area contributed by atoms with Crippen LogP contribution in [-0.2, 0) is 16.4 Å². The van der Waals surface area contributed by atoms with E-state index in [0.29, 0.717) is 25.1 Å². The van der Waals surface area contributed by atoms with Crippen LogP contribution in [0.1, 0.15) is 13.3 Å². The van der Waals surface area contributed by atoms with Crippen LogP contribution in [-0.4, -0.2) is 48.5 Å². The average molecular weight is 324 g/mol. The molecular weight excluding hydrogens is 304 g/mol. The molecule has 1 aliphatic rings. The summed E-state index contributed by atoms with van der Waals surface area (Å²) < 4.78 is 30.1. The molecule has 120 valence electrons. The van der Waals surface area contributed by atoms with Gasteiger partial charge < -0.3 is 4.42 Å². The first kappa shape index (κ1) is 15.3. The smallest absolute Gasteiger partial charge is 0.408 e. The van der Waals surface area contributed by atoms with Gasteiger partial charge in [0.2, 0.25) is 0 Å². The number of aromatic nitrogens is 1. The van der Waals surface area contributed by atoms with Crippen molar-refractivity contribution in [3.8, 4) is 0 Å². The molecule has 1 aromatic heterocycles. The highest BCUT2D eigenvalue weighted by molar-refractivity contribution is 7.91. The Kier molecular flexibility index (Phi) is 4.10. The minimum absolute atomic E-state index is 0.0591. The van der Waals surface area contributed by atoms with Crippen molar-refractivity contribution in [3.63, 3.8) is 0 Å². The van der Waals surface area contributed by atoms with Gasteiger partial charge in [-0.1, -0.05) is 19.1 Å². The number of hydrogen-bond donors (Lipinski definition) is 0. The van der Waals surface area contributed by atoms with Crippen LogP contribution in [0.5, 0.6) is 0 Å². The summed E-state index contributed by atoms with van der Waals surface area (Å²) >= 11 is 0. The Morgan fingerprint density at radius 2 is 2.14 bits per heavy atom. The van der Waals surface area contributed by atoms with E-state index in [4.69, 9.17) is 4.42 Å². The molecule has 0 radical (unpaired) electrons. The second-order valence-corrected chi connectivity index (χ2v) is 7.90. The van der Waals surface area contributed by atoms with Crippen LogP contribution < -0.4 is 5.76 Å². The fraction of sp³-hybridized carbons (Fsp3) is 0.533. The lowest BCUT2D eigenvalue weighted by atomic mass is 10.2. The Balaban J connectivity index is 1.75. The molecule has 0 saturated carbocycles. The maximum absolute atomic E-state index is 11.9. The van der Waals surface area contributed by atoms with Crippen molar-refractivity contribution >= 4 is 20.9 Å². The molecule has 2 heterocycles. The molecule has 3 rings (SSSR count). The molecule has 1 saturated heterocycles. The number of benzene rings is 1. The van der Waals surface area contributed by atoms with Crippen molar-refractivity contribution in [1.82, 2.24) is 9.47 Å². The van der Waals surface area contributed by atoms with Crippen molar-refractivity contribution in [1.29, 1.82) is 0 Å². The van der Waals surface area contributed by atoms with E-state index < -0.39 is 9.84 Å². The molecule has 0 bridgehead atoms. The summed E-state index contributed by atoms with van der Waals surface area (Å²) in [6.45, 7) is 3.92. The third kappa shape index (κ3) is 2.96. The monoisotopic (exact) mass is 324 g/mol. The van der Waals surface area contributed by atoms with E-state index in [9.17, 15) is 13.2 Å². The number of nitrogens with zero attached hydrogens (tertiary/aromatic N) is 2. The first-order valence-corrected chi connectivity index (χ1v) is 9.35. The van der Waals surface area contributed by atoms with Gasteiger partial charge in [-0.25, -0.2) is 13.2 Å². The third-order valence-corrected chi connectivity index (χ3v) is 6.07. The van der Waals surface area contributed by atoms with Gasteiger partial charge in [0.15, 0.2) is 15.4 Å². The standard InChI is InChI=1S/C15H20N2O4S/c1-2-16(12-7-10-22(19,20)11-12)8-9-17-13-5-3-4-6-14(13)21-15(17)18/h3-6,12H,2,7-11H2,1H3/t12-/m1/s1. The molecule has 0 N–H and O–H groups in total. The zero-order valence-corrected chi connectivity index (χ0v) is 13.4. The first-order chi connectivity index (χ1) is 10.5. The Labute approximate surface area is 129 Å². The Morgan fingerprint density at radius 1 is 1.36 bits per heavy atom. The lowest BCUT2D eigenvalue weighted by molar-refractivity contribution is 0.214. The van der Waals surface area contributed by atoms with Gasteiger partial charge in [0, 0.05) is 19.1 Å². The van der Waals surface area contributed by atoms with Crippen LogP contribution in [0.3, 0.4) is 0 Å². The quantitative estimate of drug-likeness (QED) is 0.823. The summed E-state index contributed by atoms with van der Waals surface area (Å²) in [6, 6.07) is 7.39. The fourth-order valence-corrected chi connectivity index (χ4v) is 4.88. The minimum atomic E-state index is -2.89. The van der Waals surface area contributed by atoms with Crippen LogP contribution in [0.2, 0.25) is 0 Å². The topological polar surface area (TPSA) is 72.5 Å². The molecule has 1 atom stereocenters. The Bertz CT molecular complexity index is 821. The molecule has 1 aliphatic heterocycles. The van der Waals surface area contributed by atoms with E-state index in [1.807, 2.05) is 25.1 Å². The molecule has 0 aliphatic carbocycles. The van der Waals surface area contributed by atoms with E-state index in [2.05, 4.69) is 4.90 Å². The van der Waals surface area contributed by atoms with Gasteiger partial charge in [-0.05, 0) is 25.1 Å². The molecular formula is C15H20N2O4S. The van der Waals surface area contributed by atoms with E-state index in [1.54, 1.807) is 10.6 Å². The highest BCUT2D eigenvalue weighted by Crippen LogP contribution is 2.18. The van der Waals surface area contributed by atoms with Crippen LogP contribution in [0.15, 0.2) is 33.5 Å². The van der Waals surface area contributed by atoms with Crippen molar-refractivity contribution in [2.45, 2.75) is 25.9 Å². The Hall–Kier alpha value is -1.60. The number of hydrogen-bond acceptors (Lipinski definition) is 5. The largest absolute Gasteiger partial charge is 0.419 e. The molecule has 2 aromatic rings. The fourth-order valence-electron chi connectivity index (χ4n) is 3.12. The van der Waals surface area contributed by atoms with Crippen molar-refractivity contribution in [2.75, 3.05) is 24.6 Å². The van der Waals surface area contributed by atoms with Gasteiger partial charge in [-0.3, -0.25) is 9.47 Å². The predicted molar refractivity (Wildman–Crippen MR) is 84.8 cm³/mol. The van der Waals surface area contributed by atoms with Gasteiger partial charge in [0.05, 0.1) is 17.0 Å². The number of sulfone groups is 1. The van der Waals surface area contributed by atoms with E-state index in [1.165, 1.54) is 0 Å². The minimum Gasteiger partial charge on any atom is -0.408 e. The lowest BCUT2D eigenvalue weighted by Crippen LogP contribution is -2.39. The van der Waals surface area contributed by atoms with Gasteiger partial charge in [0.25, 0.3) is 0 Å². The molecule has 6 nitrogen and oxygen atoms in total. The predicted octanol–water partition coefficient (Wildman–Crippen LogP) is 1.10. The first-order valence-electron chi connectivity index (χ1n) is 7.53. The number of fused-ring (bicyclic) bond motifs is 1. The number of rotatable bonds is 5. The number of para-hydroxylation sites is 2. The Morgan fingerprint density at radius 3 is 2.82 bits per heavy atom. The van der Waals surface area contributed by atoms with Crippen molar-refractivity contribution < 1.29 is 12.8 Å². The van der Waals surface area contributed by atoms with E-state index in [0.717, 1.165) is 12.1 Å². The second kappa shape index (κ2) is 5.89. The second-order valence-electron chi connectivity index (χ2n) is 5.67. The molecule has 0 unspecified atom stereocenters. The van der Waals surface area contributed by atoms with Crippen molar-refractivity contribution in [3.05, 3.63) is 34.8 Å². The van der Waals surface area contributed by atoms with Crippen LogP contribution in [0, 0.1) is 0 Å². The van der Waals surface area contributed by atoms with E-state index >= 15 is 0 Å². The summed E-state index contributed by atoms with van der Waals surface area (Å²) in [5.41, 5.74) is 1.36. The highest BCUT2D eigenvalue weighted by Gasteiger charge is 2.31. The van der Waals surface area contributed by atoms with Crippen molar-refractivity contribution in [2.24, 2.45) is 0 Å². The zero-order valence-electron chi connectivity index (χ0n) is 12.6. The highest BCUT2D eigenvalue weighted by atomic mass is 32.2. The summed E-state index contributed by atoms with van der Waals surface area (Å²) in [7, 11) is -2.89. The average Bonchev–Trinajstić information content (AvgIpc) is 2.99. The third-order valence-electron chi connectivity index (χ3n) is 4.32. The number of likely N-dealkylation sites (N-methyl/N-ethyl adjacent to an activating group) is 1. The normalized spacial score (nSPS) is 20.9. The number of oxazole rings is 1. The summed E-state index contributed by atoms with van der Waals surface area (Å²) in [5.74, 6) is 0.126. The maximum atomic E-state index is 11.9. The lowest BCUT2D eigenvalue weighted by Gasteiger charge is -2.26. The molecule has 0 spiro atoms. The van der Waals surface area contributed by atoms with Gasteiger partial charge in [0.1, 0.15) is 0 Å². The molecule has 1 aromatic carbocycles. The SMILES string of the molecule is CCN(CCn1c(=O)oc2ccccc21)[C@@H]1CCS(=O)(=O)C1. The van der Waals surface area contributed by atoms with Crippen LogP contribution in [0.25, 0.3) is 11.1 Å². The maximum Gasteiger partial charge on any atom is 0.419 e. The molecule has 0 amide bonds. The molecule has 7 heteroatoms. The molecule has 1 fully saturated rings. The summed E-state index contributed by atoms with van der Waals surface area (Å²) in [6.07, 6.45) is 0.678. The summed E-state index contributed by atoms with van der Waals surface area (Å²) in [4.78, 5) is 14.1. The van der Waals surface area contributed by atoms with Gasteiger partial charge >= 0.3 is 5.76 Å². The van der Waals surface area contributed by atoms with Gasteiger partial charge in [-0.2, -0.15) is 0 Å². The summed E-state index contributed by atoms with van der Waals surface area (Å²) in [5, 5.41) is 0. The molecule has 22 heavy (non-hydrogen) atoms. The van der Waals surface area contributed by atoms with Crippen LogP contribution >= 0.6 is 0 Å². The van der Waals surface area contributed by atoms with Crippen LogP contribution in [0.4, 0.5) is 0 Å².